The first-order valence-corrected chi connectivity index (χ1v) is 9.51. The molecule has 0 fully saturated rings. The molecule has 0 saturated carbocycles. The van der Waals surface area contributed by atoms with Crippen LogP contribution in [0.2, 0.25) is 0 Å². The fourth-order valence-corrected chi connectivity index (χ4v) is 3.27. The predicted molar refractivity (Wildman–Crippen MR) is 109 cm³/mol. The lowest BCUT2D eigenvalue weighted by Gasteiger charge is -2.16. The van der Waals surface area contributed by atoms with Crippen LogP contribution in [-0.4, -0.2) is 20.5 Å². The predicted octanol–water partition coefficient (Wildman–Crippen LogP) is 5.87. The van der Waals surface area contributed by atoms with Gasteiger partial charge in [-0.05, 0) is 55.0 Å². The van der Waals surface area contributed by atoms with Crippen molar-refractivity contribution >= 4 is 11.5 Å². The summed E-state index contributed by atoms with van der Waals surface area (Å²) in [6.07, 6.45) is -3.33. The topological polar surface area (TPSA) is 73.1 Å². The zero-order chi connectivity index (χ0) is 22.9. The fourth-order valence-electron chi connectivity index (χ4n) is 3.27. The number of fused-ring (bicyclic) bond motifs is 1. The molecule has 4 rings (SSSR count). The fraction of sp³-hybridized carbons (Fsp3) is 0.130. The van der Waals surface area contributed by atoms with Gasteiger partial charge in [0.25, 0.3) is 0 Å². The van der Waals surface area contributed by atoms with Gasteiger partial charge >= 0.3 is 12.1 Å². The number of ether oxygens (including phenoxy) is 2. The Bertz CT molecular complexity index is 1300. The molecule has 0 unspecified atom stereocenters. The average molecular weight is 442 g/mol. The van der Waals surface area contributed by atoms with Gasteiger partial charge in [-0.15, -0.1) is 0 Å². The zero-order valence-electron chi connectivity index (χ0n) is 16.8. The number of rotatable bonds is 6. The van der Waals surface area contributed by atoms with Crippen molar-refractivity contribution in [3.05, 3.63) is 83.8 Å². The summed E-state index contributed by atoms with van der Waals surface area (Å²) in [7, 11) is 0. The molecule has 2 aromatic heterocycles. The van der Waals surface area contributed by atoms with Crippen molar-refractivity contribution in [2.45, 2.75) is 19.5 Å². The number of alkyl halides is 3. The second kappa shape index (κ2) is 8.26. The Balaban J connectivity index is 1.67. The Hall–Kier alpha value is -4.01. The molecule has 2 aromatic carbocycles. The first kappa shape index (κ1) is 21.2. The lowest BCUT2D eigenvalue weighted by atomic mass is 10.1. The Labute approximate surface area is 180 Å². The summed E-state index contributed by atoms with van der Waals surface area (Å²) in [5.41, 5.74) is 0.137. The van der Waals surface area contributed by atoms with Crippen LogP contribution >= 0.6 is 0 Å². The summed E-state index contributed by atoms with van der Waals surface area (Å²) in [6.45, 7) is 1.76. The van der Waals surface area contributed by atoms with E-state index in [4.69, 9.17) is 14.6 Å². The highest BCUT2D eigenvalue weighted by Crippen LogP contribution is 2.41. The Morgan fingerprint density at radius 2 is 1.78 bits per heavy atom. The van der Waals surface area contributed by atoms with Crippen molar-refractivity contribution in [2.24, 2.45) is 0 Å². The van der Waals surface area contributed by atoms with Crippen molar-refractivity contribution in [3.8, 4) is 23.1 Å². The molecule has 0 aliphatic carbocycles. The summed E-state index contributed by atoms with van der Waals surface area (Å²) in [5, 5.41) is 8.91. The summed E-state index contributed by atoms with van der Waals surface area (Å²) in [5.74, 6) is -0.447. The summed E-state index contributed by atoms with van der Waals surface area (Å²) < 4.78 is 54.2. The van der Waals surface area contributed by atoms with Crippen LogP contribution in [0.3, 0.4) is 0 Å². The van der Waals surface area contributed by atoms with E-state index in [2.05, 4.69) is 4.98 Å². The van der Waals surface area contributed by atoms with Gasteiger partial charge in [-0.2, -0.15) is 13.2 Å². The van der Waals surface area contributed by atoms with E-state index in [1.54, 1.807) is 35.7 Å². The SMILES string of the molecule is Cc1ncc2cccc(Oc3ccc(Oc4cccc(CC(=O)O)c4)c(C(F)(F)F)c3)n12. The normalized spacial score (nSPS) is 11.5. The third kappa shape index (κ3) is 4.51. The highest BCUT2D eigenvalue weighted by atomic mass is 19.4. The number of hydrogen-bond donors (Lipinski definition) is 1. The first-order valence-electron chi connectivity index (χ1n) is 9.51. The van der Waals surface area contributed by atoms with E-state index >= 15 is 0 Å². The van der Waals surface area contributed by atoms with Crippen molar-refractivity contribution in [1.29, 1.82) is 0 Å². The van der Waals surface area contributed by atoms with E-state index in [1.807, 2.05) is 6.07 Å². The first-order chi connectivity index (χ1) is 15.2. The van der Waals surface area contributed by atoms with Crippen LogP contribution in [0.1, 0.15) is 17.0 Å². The summed E-state index contributed by atoms with van der Waals surface area (Å²) in [4.78, 5) is 15.1. The van der Waals surface area contributed by atoms with Crippen LogP contribution in [0.5, 0.6) is 23.1 Å². The molecule has 32 heavy (non-hydrogen) atoms. The van der Waals surface area contributed by atoms with Crippen molar-refractivity contribution in [2.75, 3.05) is 0 Å². The molecule has 0 saturated heterocycles. The maximum atomic E-state index is 13.8. The molecule has 0 aliphatic rings. The van der Waals surface area contributed by atoms with Gasteiger partial charge in [-0.3, -0.25) is 9.20 Å². The molecule has 0 spiro atoms. The largest absolute Gasteiger partial charge is 0.481 e. The smallest absolute Gasteiger partial charge is 0.420 e. The Morgan fingerprint density at radius 3 is 2.53 bits per heavy atom. The number of aromatic nitrogens is 2. The number of imidazole rings is 1. The highest BCUT2D eigenvalue weighted by Gasteiger charge is 2.35. The van der Waals surface area contributed by atoms with Crippen LogP contribution in [0.15, 0.2) is 66.9 Å². The van der Waals surface area contributed by atoms with Crippen LogP contribution in [0, 0.1) is 6.92 Å². The molecular formula is C23H17F3N2O4. The number of aryl methyl sites for hydroxylation is 1. The average Bonchev–Trinajstić information content (AvgIpc) is 3.10. The number of nitrogens with zero attached hydrogens (tertiary/aromatic N) is 2. The van der Waals surface area contributed by atoms with Gasteiger partial charge in [0.05, 0.1) is 18.1 Å². The van der Waals surface area contributed by atoms with Gasteiger partial charge in [0.15, 0.2) is 0 Å². The Kier molecular flexibility index (Phi) is 5.48. The molecule has 0 bridgehead atoms. The van der Waals surface area contributed by atoms with Crippen molar-refractivity contribution in [3.63, 3.8) is 0 Å². The van der Waals surface area contributed by atoms with Crippen LogP contribution in [-0.2, 0) is 17.4 Å². The molecular weight excluding hydrogens is 425 g/mol. The number of carboxylic acids is 1. The summed E-state index contributed by atoms with van der Waals surface area (Å²) in [6, 6.07) is 14.5. The third-order valence-corrected chi connectivity index (χ3v) is 4.65. The molecule has 9 heteroatoms. The zero-order valence-corrected chi connectivity index (χ0v) is 16.8. The van der Waals surface area contributed by atoms with Gasteiger partial charge in [0.1, 0.15) is 28.6 Å². The van der Waals surface area contributed by atoms with E-state index in [1.165, 1.54) is 30.3 Å². The van der Waals surface area contributed by atoms with E-state index < -0.39 is 23.5 Å². The van der Waals surface area contributed by atoms with Gasteiger partial charge in [0.2, 0.25) is 5.88 Å². The van der Waals surface area contributed by atoms with Gasteiger partial charge in [0, 0.05) is 0 Å². The monoisotopic (exact) mass is 442 g/mol. The van der Waals surface area contributed by atoms with Crippen molar-refractivity contribution in [1.82, 2.24) is 9.38 Å². The van der Waals surface area contributed by atoms with Crippen molar-refractivity contribution < 1.29 is 32.5 Å². The molecule has 4 aromatic rings. The number of halogens is 3. The lowest BCUT2D eigenvalue weighted by Crippen LogP contribution is -2.08. The van der Waals surface area contributed by atoms with Crippen LogP contribution < -0.4 is 9.47 Å². The quantitative estimate of drug-likeness (QED) is 0.404. The number of carboxylic acid groups (broad SMARTS) is 1. The number of benzene rings is 2. The van der Waals surface area contributed by atoms with Gasteiger partial charge in [-0.1, -0.05) is 18.2 Å². The van der Waals surface area contributed by atoms with E-state index in [-0.39, 0.29) is 17.9 Å². The minimum atomic E-state index is -4.70. The van der Waals surface area contributed by atoms with Gasteiger partial charge < -0.3 is 14.6 Å². The highest BCUT2D eigenvalue weighted by molar-refractivity contribution is 5.70. The molecule has 0 amide bonds. The number of pyridine rings is 1. The van der Waals surface area contributed by atoms with E-state index in [9.17, 15) is 18.0 Å². The maximum absolute atomic E-state index is 13.8. The second-order valence-electron chi connectivity index (χ2n) is 7.01. The van der Waals surface area contributed by atoms with E-state index in [0.717, 1.165) is 11.6 Å². The van der Waals surface area contributed by atoms with Crippen LogP contribution in [0.25, 0.3) is 5.52 Å². The number of hydrogen-bond acceptors (Lipinski definition) is 4. The molecule has 6 nitrogen and oxygen atoms in total. The second-order valence-corrected chi connectivity index (χ2v) is 7.01. The lowest BCUT2D eigenvalue weighted by molar-refractivity contribution is -0.138. The van der Waals surface area contributed by atoms with Crippen LogP contribution in [0.4, 0.5) is 13.2 Å². The minimum Gasteiger partial charge on any atom is -0.481 e. The van der Waals surface area contributed by atoms with Gasteiger partial charge in [-0.25, -0.2) is 4.98 Å². The number of carbonyl (C=O) groups is 1. The molecule has 164 valence electrons. The molecule has 0 atom stereocenters. The minimum absolute atomic E-state index is 0.0232. The molecule has 2 heterocycles. The standard InChI is InChI=1S/C23H17F3N2O4/c1-14-27-13-16-5-3-7-21(28(14)16)32-18-8-9-20(19(12-18)23(24,25)26)31-17-6-2-4-15(10-17)11-22(29)30/h2-10,12-13H,11H2,1H3,(H,29,30). The maximum Gasteiger partial charge on any atom is 0.420 e. The molecule has 0 radical (unpaired) electrons. The molecule has 0 aliphatic heterocycles. The number of aliphatic carboxylic acids is 1. The third-order valence-electron chi connectivity index (χ3n) is 4.65. The van der Waals surface area contributed by atoms with E-state index in [0.29, 0.717) is 17.3 Å². The summed E-state index contributed by atoms with van der Waals surface area (Å²) >= 11 is 0. The Morgan fingerprint density at radius 1 is 1.03 bits per heavy atom. The molecule has 1 N–H and O–H groups in total.